The predicted octanol–water partition coefficient (Wildman–Crippen LogP) is 5.09. The van der Waals surface area contributed by atoms with E-state index in [0.717, 1.165) is 23.1 Å². The molecule has 3 aromatic carbocycles. The second-order valence-corrected chi connectivity index (χ2v) is 10.0. The number of nitrogens with zero attached hydrogens (tertiary/aromatic N) is 1. The number of nitrogens with one attached hydrogen (secondary N) is 2. The average molecular weight is 542 g/mol. The van der Waals surface area contributed by atoms with Crippen molar-refractivity contribution in [2.75, 3.05) is 0 Å². The van der Waals surface area contributed by atoms with E-state index in [1.807, 2.05) is 98.8 Å². The van der Waals surface area contributed by atoms with Crippen molar-refractivity contribution in [2.45, 2.75) is 64.2 Å². The fourth-order valence-corrected chi connectivity index (χ4v) is 4.76. The summed E-state index contributed by atoms with van der Waals surface area (Å²) in [5, 5.41) is 2.86. The molecule has 2 atom stereocenters. The Balaban J connectivity index is 1.54. The van der Waals surface area contributed by atoms with E-state index in [9.17, 15) is 14.4 Å². The van der Waals surface area contributed by atoms with E-state index >= 15 is 0 Å². The molecule has 1 unspecified atom stereocenters. The number of ether oxygens (including phenoxy) is 1. The van der Waals surface area contributed by atoms with Crippen LogP contribution < -0.4 is 10.8 Å². The molecule has 1 heterocycles. The Bertz CT molecular complexity index is 1340. The molecule has 0 saturated carbocycles. The van der Waals surface area contributed by atoms with Crippen molar-refractivity contribution in [3.63, 3.8) is 0 Å². The summed E-state index contributed by atoms with van der Waals surface area (Å²) in [5.74, 6) is -1.32. The molecule has 8 heteroatoms. The van der Waals surface area contributed by atoms with Crippen LogP contribution in [0.2, 0.25) is 0 Å². The maximum absolute atomic E-state index is 13.4. The Morgan fingerprint density at radius 1 is 0.875 bits per heavy atom. The number of hydrogen-bond acceptors (Lipinski definition) is 6. The number of fused-ring (bicyclic) bond motifs is 1. The third-order valence-corrected chi connectivity index (χ3v) is 6.93. The molecule has 0 aliphatic carbocycles. The lowest BCUT2D eigenvalue weighted by atomic mass is 9.74. The predicted molar refractivity (Wildman–Crippen MR) is 153 cm³/mol. The number of hydroxylamine groups is 1. The quantitative estimate of drug-likeness (QED) is 0.232. The van der Waals surface area contributed by atoms with E-state index in [4.69, 9.17) is 9.57 Å². The molecule has 1 aliphatic heterocycles. The highest BCUT2D eigenvalue weighted by Gasteiger charge is 2.46. The molecule has 0 saturated heterocycles. The van der Waals surface area contributed by atoms with Gasteiger partial charge in [-0.2, -0.15) is 0 Å². The number of carbonyl (C=O) groups is 3. The molecular weight excluding hydrogens is 506 g/mol. The van der Waals surface area contributed by atoms with Crippen molar-refractivity contribution in [3.05, 3.63) is 102 Å². The van der Waals surface area contributed by atoms with Gasteiger partial charge in [0, 0.05) is 11.8 Å². The van der Waals surface area contributed by atoms with Crippen LogP contribution >= 0.6 is 0 Å². The molecule has 1 aliphatic rings. The number of para-hydroxylation sites is 1. The van der Waals surface area contributed by atoms with E-state index in [1.54, 1.807) is 0 Å². The number of aliphatic imine (C=N–C) groups is 1. The standard InChI is InChI=1S/C32H35N3O5/c1-3-4-19-28(36)33-27(31(38)39-21-23-13-7-5-8-14-23)20-32(2)25-17-11-12-18-26(25)34-29(32)30(37)35-40-22-24-15-9-6-10-16-24/h5-18,27H,3-4,19-22H2,1-2H3,(H,33,36)(H,35,37)/t27-,32?/m0/s1. The monoisotopic (exact) mass is 541 g/mol. The zero-order chi connectivity index (χ0) is 28.4. The van der Waals surface area contributed by atoms with Crippen LogP contribution in [0.25, 0.3) is 0 Å². The van der Waals surface area contributed by atoms with Crippen molar-refractivity contribution >= 4 is 29.2 Å². The first kappa shape index (κ1) is 28.7. The van der Waals surface area contributed by atoms with E-state index < -0.39 is 23.3 Å². The SMILES string of the molecule is CCCCC(=O)N[C@@H](CC1(C)C(C(=O)NOCc2ccccc2)=Nc2ccccc21)C(=O)OCc1ccccc1. The molecule has 0 fully saturated rings. The van der Waals surface area contributed by atoms with Crippen molar-refractivity contribution < 1.29 is 24.0 Å². The first-order chi connectivity index (χ1) is 19.4. The number of benzene rings is 3. The zero-order valence-corrected chi connectivity index (χ0v) is 22.9. The van der Waals surface area contributed by atoms with Gasteiger partial charge < -0.3 is 10.1 Å². The highest BCUT2D eigenvalue weighted by molar-refractivity contribution is 6.43. The maximum atomic E-state index is 13.4. The number of hydrogen-bond donors (Lipinski definition) is 2. The largest absolute Gasteiger partial charge is 0.459 e. The Labute approximate surface area is 234 Å². The normalized spacial score (nSPS) is 16.4. The van der Waals surface area contributed by atoms with Gasteiger partial charge in [-0.15, -0.1) is 0 Å². The second kappa shape index (κ2) is 13.7. The minimum absolute atomic E-state index is 0.0725. The van der Waals surface area contributed by atoms with E-state index in [2.05, 4.69) is 15.8 Å². The number of amides is 2. The fraction of sp³-hybridized carbons (Fsp3) is 0.312. The molecule has 2 N–H and O–H groups in total. The van der Waals surface area contributed by atoms with Gasteiger partial charge in [0.2, 0.25) is 5.91 Å². The molecule has 0 bridgehead atoms. The summed E-state index contributed by atoms with van der Waals surface area (Å²) in [4.78, 5) is 49.6. The summed E-state index contributed by atoms with van der Waals surface area (Å²) >= 11 is 0. The molecular formula is C32H35N3O5. The third-order valence-electron chi connectivity index (χ3n) is 6.93. The van der Waals surface area contributed by atoms with E-state index in [1.165, 1.54) is 0 Å². The minimum Gasteiger partial charge on any atom is -0.459 e. The summed E-state index contributed by atoms with van der Waals surface area (Å²) in [6.45, 7) is 4.11. The third kappa shape index (κ3) is 7.21. The Morgan fingerprint density at radius 2 is 1.50 bits per heavy atom. The van der Waals surface area contributed by atoms with Crippen LogP contribution in [0.5, 0.6) is 0 Å². The van der Waals surface area contributed by atoms with Gasteiger partial charge in [-0.25, -0.2) is 15.3 Å². The second-order valence-electron chi connectivity index (χ2n) is 10.0. The van der Waals surface area contributed by atoms with Crippen LogP contribution in [0.3, 0.4) is 0 Å². The molecule has 0 radical (unpaired) electrons. The van der Waals surface area contributed by atoms with Crippen LogP contribution in [-0.2, 0) is 42.6 Å². The first-order valence-electron chi connectivity index (χ1n) is 13.6. The molecule has 4 rings (SSSR count). The van der Waals surface area contributed by atoms with Gasteiger partial charge in [-0.1, -0.05) is 92.2 Å². The molecule has 2 amide bonds. The first-order valence-corrected chi connectivity index (χ1v) is 13.6. The van der Waals surface area contributed by atoms with Gasteiger partial charge in [0.05, 0.1) is 12.3 Å². The maximum Gasteiger partial charge on any atom is 0.329 e. The number of rotatable bonds is 13. The fourth-order valence-electron chi connectivity index (χ4n) is 4.76. The van der Waals surface area contributed by atoms with Crippen molar-refractivity contribution in [3.8, 4) is 0 Å². The number of carbonyl (C=O) groups excluding carboxylic acids is 3. The highest BCUT2D eigenvalue weighted by atomic mass is 16.6. The Morgan fingerprint density at radius 3 is 2.17 bits per heavy atom. The van der Waals surface area contributed by atoms with Crippen LogP contribution in [0.15, 0.2) is 89.9 Å². The Hall–Kier alpha value is -4.30. The van der Waals surface area contributed by atoms with Gasteiger partial charge >= 0.3 is 5.97 Å². The molecule has 0 spiro atoms. The summed E-state index contributed by atoms with van der Waals surface area (Å²) in [5.41, 5.74) is 4.86. The van der Waals surface area contributed by atoms with E-state index in [-0.39, 0.29) is 31.3 Å². The van der Waals surface area contributed by atoms with Crippen LogP contribution in [0, 0.1) is 0 Å². The van der Waals surface area contributed by atoms with Gasteiger partial charge in [0.15, 0.2) is 0 Å². The molecule has 0 aromatic heterocycles. The van der Waals surface area contributed by atoms with Gasteiger partial charge in [0.1, 0.15) is 18.4 Å². The Kier molecular flexibility index (Phi) is 9.81. The summed E-state index contributed by atoms with van der Waals surface area (Å²) in [6, 6.07) is 25.2. The topological polar surface area (TPSA) is 106 Å². The van der Waals surface area contributed by atoms with Crippen LogP contribution in [-0.4, -0.2) is 29.5 Å². The summed E-state index contributed by atoms with van der Waals surface area (Å²) < 4.78 is 5.63. The lowest BCUT2D eigenvalue weighted by molar-refractivity contribution is -0.149. The number of esters is 1. The molecule has 208 valence electrons. The highest BCUT2D eigenvalue weighted by Crippen LogP contribution is 2.43. The number of unbranched alkanes of at least 4 members (excludes halogenated alkanes) is 1. The smallest absolute Gasteiger partial charge is 0.329 e. The van der Waals surface area contributed by atoms with Crippen LogP contribution in [0.1, 0.15) is 56.2 Å². The van der Waals surface area contributed by atoms with Gasteiger partial charge in [-0.3, -0.25) is 14.4 Å². The lowest BCUT2D eigenvalue weighted by Crippen LogP contribution is -2.50. The van der Waals surface area contributed by atoms with E-state index in [0.29, 0.717) is 18.5 Å². The molecule has 8 nitrogen and oxygen atoms in total. The summed E-state index contributed by atoms with van der Waals surface area (Å²) in [6.07, 6.45) is 1.93. The lowest BCUT2D eigenvalue weighted by Gasteiger charge is -2.31. The van der Waals surface area contributed by atoms with Crippen LogP contribution in [0.4, 0.5) is 5.69 Å². The molecule has 3 aromatic rings. The average Bonchev–Trinajstić information content (AvgIpc) is 3.27. The minimum atomic E-state index is -0.995. The van der Waals surface area contributed by atoms with Crippen molar-refractivity contribution in [1.82, 2.24) is 10.8 Å². The van der Waals surface area contributed by atoms with Crippen molar-refractivity contribution in [1.29, 1.82) is 0 Å². The van der Waals surface area contributed by atoms with Gasteiger partial charge in [-0.05, 0) is 42.5 Å². The van der Waals surface area contributed by atoms with Crippen molar-refractivity contribution in [2.24, 2.45) is 4.99 Å². The van der Waals surface area contributed by atoms with Gasteiger partial charge in [0.25, 0.3) is 5.91 Å². The zero-order valence-electron chi connectivity index (χ0n) is 22.9. The summed E-state index contributed by atoms with van der Waals surface area (Å²) in [7, 11) is 0. The molecule has 40 heavy (non-hydrogen) atoms.